The first-order valence-electron chi connectivity index (χ1n) is 11.1. The number of tetrazole rings is 1. The summed E-state index contributed by atoms with van der Waals surface area (Å²) in [6.07, 6.45) is 4.48. The molecule has 166 valence electrons. The second-order valence-corrected chi connectivity index (χ2v) is 7.74. The molecule has 0 spiro atoms. The summed E-state index contributed by atoms with van der Waals surface area (Å²) in [6.45, 7) is 4.83. The molecule has 1 unspecified atom stereocenters. The number of nitrogens with one attached hydrogen (secondary N) is 1. The average Bonchev–Trinajstić information content (AvgIpc) is 3.49. The Balaban J connectivity index is 1.57. The van der Waals surface area contributed by atoms with Gasteiger partial charge in [0.25, 0.3) is 0 Å². The summed E-state index contributed by atoms with van der Waals surface area (Å²) in [5.41, 5.74) is 3.63. The minimum atomic E-state index is -1.12. The van der Waals surface area contributed by atoms with Crippen LogP contribution < -0.4 is 0 Å². The van der Waals surface area contributed by atoms with E-state index < -0.39 is 6.17 Å². The Labute approximate surface area is 186 Å². The van der Waals surface area contributed by atoms with E-state index in [1.807, 2.05) is 54.2 Å². The van der Waals surface area contributed by atoms with E-state index in [1.54, 1.807) is 0 Å². The SMILES string of the molecule is CCCCn1nc(C(F)CCC)nc1Cc1ccc(-c2ccccc2-c2nnn[nH]2)nc1. The maximum Gasteiger partial charge on any atom is 0.185 e. The molecule has 0 saturated carbocycles. The number of pyridine rings is 1. The van der Waals surface area contributed by atoms with Gasteiger partial charge in [-0.1, -0.05) is 57.0 Å². The fourth-order valence-corrected chi connectivity index (χ4v) is 3.58. The van der Waals surface area contributed by atoms with Crippen LogP contribution in [-0.4, -0.2) is 40.4 Å². The molecule has 0 bridgehead atoms. The highest BCUT2D eigenvalue weighted by Crippen LogP contribution is 2.28. The number of rotatable bonds is 10. The number of hydrogen-bond donors (Lipinski definition) is 1. The standard InChI is InChI=1S/C23H27FN8/c1-3-5-13-32-21(26-23(29-32)19(24)8-4-2)14-16-11-12-20(25-15-16)17-9-6-7-10-18(17)22-27-30-31-28-22/h6-7,9-12,15,19H,3-5,8,13-14H2,1-2H3,(H,27,28,30,31). The molecule has 3 aromatic heterocycles. The zero-order valence-corrected chi connectivity index (χ0v) is 18.4. The van der Waals surface area contributed by atoms with Crippen LogP contribution in [0.15, 0.2) is 42.6 Å². The molecule has 4 aromatic rings. The highest BCUT2D eigenvalue weighted by Gasteiger charge is 2.18. The average molecular weight is 435 g/mol. The van der Waals surface area contributed by atoms with E-state index in [0.29, 0.717) is 18.7 Å². The van der Waals surface area contributed by atoms with Gasteiger partial charge in [-0.25, -0.2) is 19.2 Å². The number of unbranched alkanes of at least 4 members (excludes halogenated alkanes) is 1. The Morgan fingerprint density at radius 3 is 2.59 bits per heavy atom. The second kappa shape index (κ2) is 10.2. The third-order valence-corrected chi connectivity index (χ3v) is 5.30. The first kappa shape index (κ1) is 21.7. The van der Waals surface area contributed by atoms with Crippen LogP contribution in [0.25, 0.3) is 22.6 Å². The summed E-state index contributed by atoms with van der Waals surface area (Å²) in [5, 5.41) is 18.6. The quantitative estimate of drug-likeness (QED) is 0.388. The molecule has 32 heavy (non-hydrogen) atoms. The van der Waals surface area contributed by atoms with Crippen molar-refractivity contribution in [1.29, 1.82) is 0 Å². The number of nitrogens with zero attached hydrogens (tertiary/aromatic N) is 7. The van der Waals surface area contributed by atoms with E-state index in [1.165, 1.54) is 0 Å². The molecule has 0 fully saturated rings. The van der Waals surface area contributed by atoms with Crippen LogP contribution >= 0.6 is 0 Å². The maximum atomic E-state index is 14.4. The molecule has 0 saturated heterocycles. The van der Waals surface area contributed by atoms with E-state index >= 15 is 0 Å². The van der Waals surface area contributed by atoms with Crippen LogP contribution in [0.1, 0.15) is 62.9 Å². The topological polar surface area (TPSA) is 98.1 Å². The van der Waals surface area contributed by atoms with Crippen molar-refractivity contribution in [3.05, 3.63) is 59.8 Å². The molecule has 3 heterocycles. The van der Waals surface area contributed by atoms with Gasteiger partial charge in [0.05, 0.1) is 5.69 Å². The lowest BCUT2D eigenvalue weighted by Crippen LogP contribution is -2.07. The number of benzene rings is 1. The third kappa shape index (κ3) is 4.87. The van der Waals surface area contributed by atoms with Gasteiger partial charge in [-0.15, -0.1) is 5.10 Å². The fourth-order valence-electron chi connectivity index (χ4n) is 3.58. The molecule has 9 heteroatoms. The van der Waals surface area contributed by atoms with E-state index in [9.17, 15) is 4.39 Å². The van der Waals surface area contributed by atoms with Crippen molar-refractivity contribution in [3.63, 3.8) is 0 Å². The normalized spacial score (nSPS) is 12.2. The molecular weight excluding hydrogens is 407 g/mol. The molecule has 0 aliphatic carbocycles. The monoisotopic (exact) mass is 434 g/mol. The van der Waals surface area contributed by atoms with E-state index in [-0.39, 0.29) is 5.82 Å². The Morgan fingerprint density at radius 2 is 1.91 bits per heavy atom. The van der Waals surface area contributed by atoms with Gasteiger partial charge in [-0.3, -0.25) is 4.98 Å². The van der Waals surface area contributed by atoms with Crippen LogP contribution in [0.4, 0.5) is 4.39 Å². The summed E-state index contributed by atoms with van der Waals surface area (Å²) < 4.78 is 16.3. The zero-order valence-electron chi connectivity index (χ0n) is 18.4. The van der Waals surface area contributed by atoms with Gasteiger partial charge in [0.15, 0.2) is 17.8 Å². The number of halogens is 1. The number of aromatic nitrogens is 8. The van der Waals surface area contributed by atoms with Gasteiger partial charge in [-0.2, -0.15) is 5.10 Å². The van der Waals surface area contributed by atoms with E-state index in [4.69, 9.17) is 0 Å². The smallest absolute Gasteiger partial charge is 0.185 e. The van der Waals surface area contributed by atoms with Crippen LogP contribution in [0.5, 0.6) is 0 Å². The van der Waals surface area contributed by atoms with Crippen molar-refractivity contribution in [1.82, 2.24) is 40.4 Å². The lowest BCUT2D eigenvalue weighted by Gasteiger charge is -2.08. The predicted molar refractivity (Wildman–Crippen MR) is 119 cm³/mol. The summed E-state index contributed by atoms with van der Waals surface area (Å²) in [4.78, 5) is 9.19. The van der Waals surface area contributed by atoms with Crippen molar-refractivity contribution in [2.24, 2.45) is 0 Å². The molecule has 0 radical (unpaired) electrons. The van der Waals surface area contributed by atoms with Crippen LogP contribution in [0, 0.1) is 0 Å². The number of aryl methyl sites for hydroxylation is 1. The molecular formula is C23H27FN8. The van der Waals surface area contributed by atoms with Crippen LogP contribution in [-0.2, 0) is 13.0 Å². The summed E-state index contributed by atoms with van der Waals surface area (Å²) in [6, 6.07) is 11.8. The first-order chi connectivity index (χ1) is 15.7. The number of hydrogen-bond acceptors (Lipinski definition) is 6. The largest absolute Gasteiger partial charge is 0.256 e. The minimum absolute atomic E-state index is 0.289. The van der Waals surface area contributed by atoms with E-state index in [0.717, 1.165) is 54.0 Å². The Kier molecular flexibility index (Phi) is 6.94. The van der Waals surface area contributed by atoms with Crippen molar-refractivity contribution in [2.75, 3.05) is 0 Å². The molecule has 4 rings (SSSR count). The summed E-state index contributed by atoms with van der Waals surface area (Å²) in [5.74, 6) is 1.66. The third-order valence-electron chi connectivity index (χ3n) is 5.30. The molecule has 0 amide bonds. The molecule has 0 aliphatic heterocycles. The van der Waals surface area contributed by atoms with Crippen molar-refractivity contribution in [3.8, 4) is 22.6 Å². The lowest BCUT2D eigenvalue weighted by atomic mass is 10.0. The van der Waals surface area contributed by atoms with Crippen molar-refractivity contribution < 1.29 is 4.39 Å². The number of aromatic amines is 1. The van der Waals surface area contributed by atoms with Gasteiger partial charge in [0.1, 0.15) is 5.82 Å². The van der Waals surface area contributed by atoms with Gasteiger partial charge < -0.3 is 0 Å². The summed E-state index contributed by atoms with van der Waals surface area (Å²) >= 11 is 0. The Hall–Kier alpha value is -3.49. The van der Waals surface area contributed by atoms with Crippen molar-refractivity contribution in [2.45, 2.75) is 58.7 Å². The summed E-state index contributed by atoms with van der Waals surface area (Å²) in [7, 11) is 0. The number of alkyl halides is 1. The lowest BCUT2D eigenvalue weighted by molar-refractivity contribution is 0.304. The van der Waals surface area contributed by atoms with Gasteiger partial charge in [0.2, 0.25) is 0 Å². The minimum Gasteiger partial charge on any atom is -0.256 e. The van der Waals surface area contributed by atoms with Crippen LogP contribution in [0.3, 0.4) is 0 Å². The molecule has 1 atom stereocenters. The maximum absolute atomic E-state index is 14.4. The second-order valence-electron chi connectivity index (χ2n) is 7.74. The molecule has 1 N–H and O–H groups in total. The molecule has 1 aromatic carbocycles. The Morgan fingerprint density at radius 1 is 1.06 bits per heavy atom. The van der Waals surface area contributed by atoms with E-state index in [2.05, 4.69) is 42.6 Å². The predicted octanol–water partition coefficient (Wildman–Crippen LogP) is 4.72. The fraction of sp³-hybridized carbons (Fsp3) is 0.391. The Bertz CT molecular complexity index is 1120. The van der Waals surface area contributed by atoms with Gasteiger partial charge >= 0.3 is 0 Å². The highest BCUT2D eigenvalue weighted by molar-refractivity contribution is 5.78. The van der Waals surface area contributed by atoms with Crippen molar-refractivity contribution >= 4 is 0 Å². The number of H-pyrrole nitrogens is 1. The van der Waals surface area contributed by atoms with Gasteiger partial charge in [-0.05, 0) is 34.9 Å². The highest BCUT2D eigenvalue weighted by atomic mass is 19.1. The zero-order chi connectivity index (χ0) is 22.3. The van der Waals surface area contributed by atoms with Gasteiger partial charge in [0, 0.05) is 30.3 Å². The van der Waals surface area contributed by atoms with Crippen LogP contribution in [0.2, 0.25) is 0 Å². The molecule has 8 nitrogen and oxygen atoms in total. The first-order valence-corrected chi connectivity index (χ1v) is 11.1. The molecule has 0 aliphatic rings.